The molecule has 3 aromatic heterocycles. The van der Waals surface area contributed by atoms with Crippen molar-refractivity contribution in [3.8, 4) is 11.6 Å². The second-order valence-electron chi connectivity index (χ2n) is 9.10. The first-order valence-corrected chi connectivity index (χ1v) is 11.9. The lowest BCUT2D eigenvalue weighted by Gasteiger charge is -2.33. The number of fused-ring (bicyclic) bond motifs is 1. The fraction of sp³-hybridized carbons (Fsp3) is 0.346. The SMILES string of the molecule is CN1CCN(c2ncc(CN3CC=C(c4ccccc4)CC3)c3nc(-c4ccco4)nn23)CC1. The molecular formula is C26H29N7O. The minimum Gasteiger partial charge on any atom is -0.461 e. The minimum atomic E-state index is 0.597. The van der Waals surface area contributed by atoms with E-state index < -0.39 is 0 Å². The topological polar surface area (TPSA) is 65.9 Å². The molecule has 2 aliphatic heterocycles. The van der Waals surface area contributed by atoms with Gasteiger partial charge in [-0.05, 0) is 36.7 Å². The molecule has 0 aliphatic carbocycles. The van der Waals surface area contributed by atoms with Crippen LogP contribution in [0, 0.1) is 0 Å². The van der Waals surface area contributed by atoms with Crippen LogP contribution in [0.5, 0.6) is 0 Å². The van der Waals surface area contributed by atoms with Gasteiger partial charge in [-0.15, -0.1) is 5.10 Å². The number of furan rings is 1. The second kappa shape index (κ2) is 9.04. The zero-order chi connectivity index (χ0) is 22.9. The first-order valence-electron chi connectivity index (χ1n) is 11.9. The summed E-state index contributed by atoms with van der Waals surface area (Å²) in [5, 5.41) is 4.82. The lowest BCUT2D eigenvalue weighted by atomic mass is 9.99. The third-order valence-electron chi connectivity index (χ3n) is 6.78. The van der Waals surface area contributed by atoms with Crippen LogP contribution < -0.4 is 4.90 Å². The van der Waals surface area contributed by atoms with Crippen molar-refractivity contribution in [2.45, 2.75) is 13.0 Å². The van der Waals surface area contributed by atoms with Gasteiger partial charge in [-0.25, -0.2) is 9.97 Å². The Hall–Kier alpha value is -3.49. The van der Waals surface area contributed by atoms with Gasteiger partial charge in [0.1, 0.15) is 0 Å². The summed E-state index contributed by atoms with van der Waals surface area (Å²) in [7, 11) is 2.16. The van der Waals surface area contributed by atoms with Crippen molar-refractivity contribution in [2.75, 3.05) is 51.2 Å². The first kappa shape index (κ1) is 21.1. The average Bonchev–Trinajstić information content (AvgIpc) is 3.57. The molecule has 1 fully saturated rings. The van der Waals surface area contributed by atoms with E-state index in [-0.39, 0.29) is 0 Å². The van der Waals surface area contributed by atoms with Crippen molar-refractivity contribution in [1.82, 2.24) is 29.4 Å². The van der Waals surface area contributed by atoms with Crippen molar-refractivity contribution in [2.24, 2.45) is 0 Å². The maximum absolute atomic E-state index is 5.60. The fourth-order valence-corrected chi connectivity index (χ4v) is 4.76. The molecular weight excluding hydrogens is 426 g/mol. The van der Waals surface area contributed by atoms with Gasteiger partial charge in [0.15, 0.2) is 11.4 Å². The van der Waals surface area contributed by atoms with E-state index in [0.29, 0.717) is 11.6 Å². The Bertz CT molecular complexity index is 1290. The molecule has 2 aliphatic rings. The molecule has 8 nitrogen and oxygen atoms in total. The molecule has 1 aromatic carbocycles. The maximum Gasteiger partial charge on any atom is 0.228 e. The highest BCUT2D eigenvalue weighted by atomic mass is 16.3. The van der Waals surface area contributed by atoms with Gasteiger partial charge in [0.25, 0.3) is 0 Å². The van der Waals surface area contributed by atoms with E-state index in [4.69, 9.17) is 19.5 Å². The number of hydrogen-bond donors (Lipinski definition) is 0. The number of piperazine rings is 1. The van der Waals surface area contributed by atoms with Crippen LogP contribution in [0.1, 0.15) is 17.5 Å². The van der Waals surface area contributed by atoms with Crippen LogP contribution in [0.15, 0.2) is 65.4 Å². The molecule has 8 heteroatoms. The summed E-state index contributed by atoms with van der Waals surface area (Å²) in [6.07, 6.45) is 7.03. The lowest BCUT2D eigenvalue weighted by molar-refractivity contribution is 0.294. The Balaban J connectivity index is 1.30. The van der Waals surface area contributed by atoms with Crippen LogP contribution in [0.2, 0.25) is 0 Å². The number of rotatable bonds is 5. The summed E-state index contributed by atoms with van der Waals surface area (Å²) in [5.74, 6) is 2.12. The van der Waals surface area contributed by atoms with E-state index >= 15 is 0 Å². The van der Waals surface area contributed by atoms with E-state index in [1.807, 2.05) is 22.8 Å². The van der Waals surface area contributed by atoms with Gasteiger partial charge in [-0.1, -0.05) is 36.4 Å². The number of benzene rings is 1. The molecule has 0 unspecified atom stereocenters. The summed E-state index contributed by atoms with van der Waals surface area (Å²) in [5.41, 5.74) is 4.68. The highest BCUT2D eigenvalue weighted by molar-refractivity contribution is 5.66. The smallest absolute Gasteiger partial charge is 0.228 e. The third-order valence-corrected chi connectivity index (χ3v) is 6.78. The normalized spacial score (nSPS) is 17.9. The highest BCUT2D eigenvalue weighted by Gasteiger charge is 2.23. The molecule has 0 N–H and O–H groups in total. The third kappa shape index (κ3) is 4.10. The van der Waals surface area contributed by atoms with Crippen LogP contribution in [0.25, 0.3) is 22.8 Å². The van der Waals surface area contributed by atoms with E-state index in [1.54, 1.807) is 6.26 Å². The Morgan fingerprint density at radius 2 is 1.82 bits per heavy atom. The summed E-state index contributed by atoms with van der Waals surface area (Å²) in [4.78, 5) is 16.8. The molecule has 5 heterocycles. The number of aromatic nitrogens is 4. The van der Waals surface area contributed by atoms with E-state index in [9.17, 15) is 0 Å². The number of hydrogen-bond acceptors (Lipinski definition) is 7. The predicted octanol–water partition coefficient (Wildman–Crippen LogP) is 3.43. The number of anilines is 1. The van der Waals surface area contributed by atoms with Gasteiger partial charge in [-0.3, -0.25) is 4.90 Å². The molecule has 1 saturated heterocycles. The van der Waals surface area contributed by atoms with Gasteiger partial charge in [0, 0.05) is 57.6 Å². The van der Waals surface area contributed by atoms with Crippen LogP contribution in [-0.4, -0.2) is 75.7 Å². The van der Waals surface area contributed by atoms with E-state index in [0.717, 1.165) is 69.4 Å². The van der Waals surface area contributed by atoms with Crippen molar-refractivity contribution in [1.29, 1.82) is 0 Å². The molecule has 0 amide bonds. The zero-order valence-corrected chi connectivity index (χ0v) is 19.5. The number of likely N-dealkylation sites (N-methyl/N-ethyl adjacent to an activating group) is 1. The molecule has 174 valence electrons. The quantitative estimate of drug-likeness (QED) is 0.457. The largest absolute Gasteiger partial charge is 0.461 e. The highest BCUT2D eigenvalue weighted by Crippen LogP contribution is 2.26. The molecule has 6 rings (SSSR count). The monoisotopic (exact) mass is 455 g/mol. The van der Waals surface area contributed by atoms with Crippen molar-refractivity contribution >= 4 is 17.2 Å². The second-order valence-corrected chi connectivity index (χ2v) is 9.10. The van der Waals surface area contributed by atoms with Crippen LogP contribution in [0.4, 0.5) is 5.95 Å². The zero-order valence-electron chi connectivity index (χ0n) is 19.5. The van der Waals surface area contributed by atoms with E-state index in [2.05, 4.69) is 58.2 Å². The van der Waals surface area contributed by atoms with Crippen LogP contribution in [0.3, 0.4) is 0 Å². The number of nitrogens with zero attached hydrogens (tertiary/aromatic N) is 7. The Morgan fingerprint density at radius 3 is 2.56 bits per heavy atom. The molecule has 0 saturated carbocycles. The van der Waals surface area contributed by atoms with Crippen molar-refractivity contribution in [3.05, 3.63) is 72.1 Å². The first-order chi connectivity index (χ1) is 16.7. The lowest BCUT2D eigenvalue weighted by Crippen LogP contribution is -2.45. The van der Waals surface area contributed by atoms with Gasteiger partial charge in [0.2, 0.25) is 11.8 Å². The predicted molar refractivity (Wildman–Crippen MR) is 133 cm³/mol. The molecule has 4 aromatic rings. The summed E-state index contributed by atoms with van der Waals surface area (Å²) < 4.78 is 7.51. The van der Waals surface area contributed by atoms with Crippen molar-refractivity contribution < 1.29 is 4.42 Å². The van der Waals surface area contributed by atoms with E-state index in [1.165, 1.54) is 11.1 Å². The van der Waals surface area contributed by atoms with Crippen LogP contribution >= 0.6 is 0 Å². The van der Waals surface area contributed by atoms with Crippen molar-refractivity contribution in [3.63, 3.8) is 0 Å². The molecule has 0 bridgehead atoms. The molecule has 0 atom stereocenters. The standard InChI is InChI=1S/C26H29N7O/c1-30-13-15-32(16-14-30)26-27-18-22(25-28-24(29-33(25)26)23-8-5-17-34-23)19-31-11-9-21(10-12-31)20-6-3-2-4-7-20/h2-9,17-18H,10-16,19H2,1H3. The van der Waals surface area contributed by atoms with Crippen LogP contribution in [-0.2, 0) is 6.54 Å². The van der Waals surface area contributed by atoms with Gasteiger partial charge < -0.3 is 14.2 Å². The summed E-state index contributed by atoms with van der Waals surface area (Å²) >= 11 is 0. The Kier molecular flexibility index (Phi) is 5.60. The molecule has 34 heavy (non-hydrogen) atoms. The summed E-state index contributed by atoms with van der Waals surface area (Å²) in [6.45, 7) is 6.57. The maximum atomic E-state index is 5.60. The Morgan fingerprint density at radius 1 is 0.971 bits per heavy atom. The summed E-state index contributed by atoms with van der Waals surface area (Å²) in [6, 6.07) is 14.4. The fourth-order valence-electron chi connectivity index (χ4n) is 4.76. The minimum absolute atomic E-state index is 0.597. The average molecular weight is 456 g/mol. The molecule has 0 spiro atoms. The van der Waals surface area contributed by atoms with Gasteiger partial charge in [-0.2, -0.15) is 4.52 Å². The molecule has 0 radical (unpaired) electrons. The van der Waals surface area contributed by atoms with Gasteiger partial charge >= 0.3 is 0 Å². The Labute approximate surface area is 199 Å². The van der Waals surface area contributed by atoms with Gasteiger partial charge in [0.05, 0.1) is 6.26 Å².